The van der Waals surface area contributed by atoms with Crippen LogP contribution in [0, 0.1) is 0 Å². The average Bonchev–Trinajstić information content (AvgIpc) is 2.61. The minimum atomic E-state index is -0.699. The molecule has 120 valence electrons. The summed E-state index contributed by atoms with van der Waals surface area (Å²) >= 11 is 3.46. The molecule has 0 aliphatic rings. The summed E-state index contributed by atoms with van der Waals surface area (Å²) in [6, 6.07) is 13.6. The molecule has 0 aliphatic carbocycles. The van der Waals surface area contributed by atoms with Crippen LogP contribution in [0.3, 0.4) is 0 Å². The molecule has 5 heteroatoms. The molecule has 4 nitrogen and oxygen atoms in total. The molecule has 0 fully saturated rings. The Kier molecular flexibility index (Phi) is 2.64. The molecule has 0 aromatic heterocycles. The molecule has 0 aliphatic heterocycles. The van der Waals surface area contributed by atoms with E-state index in [1.807, 2.05) is 42.5 Å². The van der Waals surface area contributed by atoms with Crippen molar-refractivity contribution in [3.8, 4) is 0 Å². The van der Waals surface area contributed by atoms with E-state index in [1.54, 1.807) is 0 Å². The van der Waals surface area contributed by atoms with Crippen LogP contribution in [-0.4, -0.2) is 0 Å². The van der Waals surface area contributed by atoms with Crippen LogP contribution in [0.1, 0.15) is 0 Å². The fourth-order valence-electron chi connectivity index (χ4n) is 3.91. The monoisotopic (exact) mass is 390 g/mol. The van der Waals surface area contributed by atoms with Crippen LogP contribution in [0.5, 0.6) is 0 Å². The van der Waals surface area contributed by atoms with Crippen molar-refractivity contribution in [2.24, 2.45) is 0 Å². The molecule has 5 aromatic carbocycles. The van der Waals surface area contributed by atoms with E-state index in [0.29, 0.717) is 26.3 Å². The molecule has 5 rings (SSSR count). The van der Waals surface area contributed by atoms with Crippen LogP contribution in [-0.2, 0) is 0 Å². The van der Waals surface area contributed by atoms with Crippen molar-refractivity contribution in [3.05, 3.63) is 67.4 Å². The molecule has 0 heterocycles. The maximum Gasteiger partial charge on any atom is 0.249 e. The molecule has 0 amide bonds. The van der Waals surface area contributed by atoms with Gasteiger partial charge in [-0.1, -0.05) is 36.4 Å². The molecular formula is C20H11BrN2O2. The maximum absolute atomic E-state index is 12.8. The lowest BCUT2D eigenvalue weighted by Crippen LogP contribution is -2.27. The Balaban J connectivity index is 2.38. The van der Waals surface area contributed by atoms with Crippen LogP contribution >= 0.6 is 15.9 Å². The number of halogens is 1. The van der Waals surface area contributed by atoms with Crippen LogP contribution in [0.2, 0.25) is 0 Å². The number of hydrogen-bond acceptors (Lipinski definition) is 4. The molecule has 0 radical (unpaired) electrons. The van der Waals surface area contributed by atoms with Gasteiger partial charge in [0.2, 0.25) is 10.9 Å². The predicted molar refractivity (Wildman–Crippen MR) is 108 cm³/mol. The lowest BCUT2D eigenvalue weighted by atomic mass is 9.88. The topological polar surface area (TPSA) is 86.2 Å². The summed E-state index contributed by atoms with van der Waals surface area (Å²) in [5.41, 5.74) is 11.2. The number of anilines is 2. The Morgan fingerprint density at radius 3 is 2.08 bits per heavy atom. The minimum absolute atomic E-state index is 0.0876. The Morgan fingerprint density at radius 1 is 0.680 bits per heavy atom. The fourth-order valence-corrected chi connectivity index (χ4v) is 4.34. The van der Waals surface area contributed by atoms with E-state index in [4.69, 9.17) is 11.5 Å². The first-order valence-electron chi connectivity index (χ1n) is 7.74. The number of nitrogen functional groups attached to an aromatic ring is 2. The lowest BCUT2D eigenvalue weighted by molar-refractivity contribution is 1.56. The second-order valence-electron chi connectivity index (χ2n) is 6.23. The Hall–Kier alpha value is -2.92. The Labute approximate surface area is 149 Å². The quantitative estimate of drug-likeness (QED) is 0.182. The summed E-state index contributed by atoms with van der Waals surface area (Å²) in [7, 11) is 0. The van der Waals surface area contributed by atoms with Gasteiger partial charge < -0.3 is 11.5 Å². The SMILES string of the molecule is Nc1c(Br)cc2c3cccc4cccc(c5c(=O)c(=O)c(N)c1c25)c43. The predicted octanol–water partition coefficient (Wildman–Crippen LogP) is 3.82. The van der Waals surface area contributed by atoms with Crippen molar-refractivity contribution in [2.75, 3.05) is 11.5 Å². The number of rotatable bonds is 0. The summed E-state index contributed by atoms with van der Waals surface area (Å²) in [4.78, 5) is 25.3. The van der Waals surface area contributed by atoms with Gasteiger partial charge in [-0.25, -0.2) is 0 Å². The summed E-state index contributed by atoms with van der Waals surface area (Å²) in [5, 5.41) is 6.12. The maximum atomic E-state index is 12.8. The fraction of sp³-hybridized carbons (Fsp3) is 0. The average molecular weight is 391 g/mol. The number of benzene rings is 5. The Morgan fingerprint density at radius 2 is 1.36 bits per heavy atom. The van der Waals surface area contributed by atoms with Gasteiger partial charge in [0.1, 0.15) is 0 Å². The highest BCUT2D eigenvalue weighted by molar-refractivity contribution is 9.10. The molecule has 0 saturated carbocycles. The standard InChI is InChI=1S/C20H11BrN2O2/c21-12-7-11-9-5-1-3-8-4-2-6-10(13(8)9)15-14(11)16(17(12)22)18(23)20(25)19(15)24/h1-7H,22-23H2. The van der Waals surface area contributed by atoms with Gasteiger partial charge in [0.25, 0.3) is 0 Å². The van der Waals surface area contributed by atoms with Crippen LogP contribution in [0.4, 0.5) is 11.4 Å². The molecule has 25 heavy (non-hydrogen) atoms. The van der Waals surface area contributed by atoms with E-state index in [0.717, 1.165) is 26.9 Å². The van der Waals surface area contributed by atoms with Crippen LogP contribution in [0.15, 0.2) is 56.5 Å². The zero-order chi connectivity index (χ0) is 17.5. The highest BCUT2D eigenvalue weighted by Crippen LogP contribution is 2.43. The van der Waals surface area contributed by atoms with Crippen molar-refractivity contribution in [2.45, 2.75) is 0 Å². The third-order valence-corrected chi connectivity index (χ3v) is 5.63. The van der Waals surface area contributed by atoms with Crippen molar-refractivity contribution in [3.63, 3.8) is 0 Å². The first kappa shape index (κ1) is 14.4. The van der Waals surface area contributed by atoms with Gasteiger partial charge in [0.15, 0.2) is 0 Å². The molecular weight excluding hydrogens is 380 g/mol. The van der Waals surface area contributed by atoms with Crippen molar-refractivity contribution >= 4 is 70.4 Å². The third kappa shape index (κ3) is 1.61. The summed E-state index contributed by atoms with van der Waals surface area (Å²) in [6.45, 7) is 0. The van der Waals surface area contributed by atoms with Gasteiger partial charge in [-0.3, -0.25) is 9.59 Å². The van der Waals surface area contributed by atoms with Gasteiger partial charge in [-0.05, 0) is 48.9 Å². The number of nitrogens with two attached hydrogens (primary N) is 2. The zero-order valence-corrected chi connectivity index (χ0v) is 14.5. The van der Waals surface area contributed by atoms with Gasteiger partial charge in [-0.15, -0.1) is 0 Å². The van der Waals surface area contributed by atoms with E-state index in [9.17, 15) is 9.59 Å². The molecule has 0 bridgehead atoms. The van der Waals surface area contributed by atoms with E-state index in [-0.39, 0.29) is 5.69 Å². The van der Waals surface area contributed by atoms with Gasteiger partial charge in [-0.2, -0.15) is 0 Å². The third-order valence-electron chi connectivity index (χ3n) is 4.98. The Bertz CT molecular complexity index is 1460. The number of fused-ring (bicyclic) bond motifs is 2. The van der Waals surface area contributed by atoms with Crippen LogP contribution < -0.4 is 22.3 Å². The van der Waals surface area contributed by atoms with Crippen LogP contribution in [0.25, 0.3) is 43.1 Å². The van der Waals surface area contributed by atoms with Gasteiger partial charge >= 0.3 is 0 Å². The van der Waals surface area contributed by atoms with E-state index in [1.165, 1.54) is 0 Å². The van der Waals surface area contributed by atoms with Gasteiger partial charge in [0.05, 0.1) is 11.4 Å². The van der Waals surface area contributed by atoms with E-state index in [2.05, 4.69) is 15.9 Å². The summed E-state index contributed by atoms with van der Waals surface area (Å²) in [6.07, 6.45) is 0. The largest absolute Gasteiger partial charge is 0.397 e. The van der Waals surface area contributed by atoms with E-state index < -0.39 is 10.9 Å². The minimum Gasteiger partial charge on any atom is -0.397 e. The highest BCUT2D eigenvalue weighted by Gasteiger charge is 2.21. The highest BCUT2D eigenvalue weighted by atomic mass is 79.9. The second-order valence-corrected chi connectivity index (χ2v) is 7.08. The molecule has 5 aromatic rings. The number of hydrogen-bond donors (Lipinski definition) is 2. The summed E-state index contributed by atoms with van der Waals surface area (Å²) < 4.78 is 0.655. The van der Waals surface area contributed by atoms with Gasteiger partial charge in [0, 0.05) is 20.6 Å². The van der Waals surface area contributed by atoms with E-state index >= 15 is 0 Å². The first-order chi connectivity index (χ1) is 12.0. The molecule has 0 unspecified atom stereocenters. The lowest BCUT2D eigenvalue weighted by Gasteiger charge is -2.16. The molecule has 0 saturated heterocycles. The van der Waals surface area contributed by atoms with Crippen molar-refractivity contribution in [1.29, 1.82) is 0 Å². The molecule has 4 N–H and O–H groups in total. The zero-order valence-electron chi connectivity index (χ0n) is 12.9. The molecule has 0 atom stereocenters. The second kappa shape index (κ2) is 4.58. The first-order valence-corrected chi connectivity index (χ1v) is 8.53. The molecule has 0 spiro atoms. The van der Waals surface area contributed by atoms with Crippen molar-refractivity contribution in [1.82, 2.24) is 0 Å². The smallest absolute Gasteiger partial charge is 0.249 e. The normalized spacial score (nSPS) is 12.0. The summed E-state index contributed by atoms with van der Waals surface area (Å²) in [5.74, 6) is 0. The van der Waals surface area contributed by atoms with Crippen molar-refractivity contribution < 1.29 is 0 Å².